The van der Waals surface area contributed by atoms with Gasteiger partial charge in [0.15, 0.2) is 11.5 Å². The van der Waals surface area contributed by atoms with Crippen LogP contribution in [0.2, 0.25) is 0 Å². The van der Waals surface area contributed by atoms with Crippen molar-refractivity contribution in [2.75, 3.05) is 25.7 Å². The molecule has 0 amide bonds. The average molecular weight is 442 g/mol. The monoisotopic (exact) mass is 441 g/mol. The van der Waals surface area contributed by atoms with Crippen molar-refractivity contribution >= 4 is 44.6 Å². The Bertz CT molecular complexity index is 779. The molecule has 0 bridgehead atoms. The van der Waals surface area contributed by atoms with Crippen molar-refractivity contribution in [2.24, 2.45) is 5.10 Å². The molecule has 0 spiro atoms. The maximum atomic E-state index is 11.5. The number of rotatable bonds is 9. The van der Waals surface area contributed by atoms with E-state index in [1.165, 1.54) is 11.3 Å². The van der Waals surface area contributed by atoms with Crippen LogP contribution in [-0.2, 0) is 16.0 Å². The van der Waals surface area contributed by atoms with E-state index < -0.39 is 0 Å². The molecule has 0 aliphatic rings. The van der Waals surface area contributed by atoms with Crippen LogP contribution in [0.4, 0.5) is 5.13 Å². The Morgan fingerprint density at radius 1 is 1.38 bits per heavy atom. The molecule has 9 heteroatoms. The summed E-state index contributed by atoms with van der Waals surface area (Å²) < 4.78 is 16.6. The summed E-state index contributed by atoms with van der Waals surface area (Å²) in [6, 6.07) is 3.71. The Hall–Kier alpha value is -2.13. The topological polar surface area (TPSA) is 82.0 Å². The molecular formula is C17H20BrN3O4S. The summed E-state index contributed by atoms with van der Waals surface area (Å²) in [4.78, 5) is 15.7. The lowest BCUT2D eigenvalue weighted by molar-refractivity contribution is -0.142. The van der Waals surface area contributed by atoms with E-state index in [1.54, 1.807) is 25.6 Å². The van der Waals surface area contributed by atoms with Gasteiger partial charge in [0.05, 0.1) is 43.1 Å². The minimum absolute atomic E-state index is 0.152. The molecule has 26 heavy (non-hydrogen) atoms. The normalized spacial score (nSPS) is 10.8. The number of anilines is 1. The van der Waals surface area contributed by atoms with E-state index in [1.807, 2.05) is 19.1 Å². The molecule has 140 valence electrons. The number of aromatic nitrogens is 1. The molecule has 1 N–H and O–H groups in total. The van der Waals surface area contributed by atoms with Crippen molar-refractivity contribution in [3.63, 3.8) is 0 Å². The van der Waals surface area contributed by atoms with E-state index in [0.29, 0.717) is 35.5 Å². The van der Waals surface area contributed by atoms with Crippen LogP contribution in [0.3, 0.4) is 0 Å². The summed E-state index contributed by atoms with van der Waals surface area (Å²) in [5.74, 6) is 0.983. The zero-order valence-electron chi connectivity index (χ0n) is 14.7. The van der Waals surface area contributed by atoms with Gasteiger partial charge in [0.25, 0.3) is 0 Å². The third-order valence-corrected chi connectivity index (χ3v) is 4.48. The first-order valence-corrected chi connectivity index (χ1v) is 9.64. The van der Waals surface area contributed by atoms with Crippen molar-refractivity contribution in [3.05, 3.63) is 33.2 Å². The first kappa shape index (κ1) is 20.2. The van der Waals surface area contributed by atoms with Crippen LogP contribution in [0.15, 0.2) is 27.1 Å². The number of benzene rings is 1. The van der Waals surface area contributed by atoms with Crippen molar-refractivity contribution in [3.8, 4) is 11.5 Å². The number of hydrazone groups is 1. The summed E-state index contributed by atoms with van der Waals surface area (Å²) in [6.07, 6.45) is 1.80. The Labute approximate surface area is 164 Å². The molecule has 0 saturated carbocycles. The molecule has 0 fully saturated rings. The van der Waals surface area contributed by atoms with Gasteiger partial charge in [-0.2, -0.15) is 5.10 Å². The zero-order valence-corrected chi connectivity index (χ0v) is 17.1. The minimum Gasteiger partial charge on any atom is -0.493 e. The molecular weight excluding hydrogens is 422 g/mol. The molecule has 1 heterocycles. The van der Waals surface area contributed by atoms with E-state index in [-0.39, 0.29) is 12.4 Å². The highest BCUT2D eigenvalue weighted by Gasteiger charge is 2.11. The van der Waals surface area contributed by atoms with Gasteiger partial charge in [-0.05, 0) is 47.5 Å². The standard InChI is InChI=1S/C17H20BrN3O4S/c1-4-24-15(22)8-12-10-26-17(20-12)21-19-9-11-6-13(18)16(25-5-2)14(7-11)23-3/h6-7,9-10H,4-5,8H2,1-3H3,(H,20,21)/b19-9-. The smallest absolute Gasteiger partial charge is 0.311 e. The Kier molecular flexibility index (Phi) is 7.86. The molecule has 1 aromatic carbocycles. The number of halogens is 1. The summed E-state index contributed by atoms with van der Waals surface area (Å²) in [7, 11) is 1.59. The number of nitrogens with one attached hydrogen (secondary N) is 1. The first-order valence-electron chi connectivity index (χ1n) is 7.96. The van der Waals surface area contributed by atoms with Gasteiger partial charge in [0, 0.05) is 5.38 Å². The number of methoxy groups -OCH3 is 1. The van der Waals surface area contributed by atoms with Crippen LogP contribution < -0.4 is 14.9 Å². The van der Waals surface area contributed by atoms with E-state index in [9.17, 15) is 4.79 Å². The Morgan fingerprint density at radius 3 is 2.88 bits per heavy atom. The number of hydrogen-bond donors (Lipinski definition) is 1. The SMILES string of the molecule is CCOC(=O)Cc1csc(N/N=C\c2cc(Br)c(OCC)c(OC)c2)n1. The second-order valence-corrected chi connectivity index (χ2v) is 6.68. The summed E-state index contributed by atoms with van der Waals surface area (Å²) >= 11 is 4.84. The lowest BCUT2D eigenvalue weighted by atomic mass is 10.2. The minimum atomic E-state index is -0.292. The fourth-order valence-electron chi connectivity index (χ4n) is 2.06. The second kappa shape index (κ2) is 10.1. The van der Waals surface area contributed by atoms with Crippen molar-refractivity contribution in [1.82, 2.24) is 4.98 Å². The van der Waals surface area contributed by atoms with Gasteiger partial charge in [-0.15, -0.1) is 11.3 Å². The van der Waals surface area contributed by atoms with E-state index in [4.69, 9.17) is 14.2 Å². The molecule has 0 unspecified atom stereocenters. The fraction of sp³-hybridized carbons (Fsp3) is 0.353. The molecule has 2 aromatic rings. The third-order valence-electron chi connectivity index (χ3n) is 3.10. The van der Waals surface area contributed by atoms with Gasteiger partial charge in [0.1, 0.15) is 0 Å². The van der Waals surface area contributed by atoms with Crippen LogP contribution in [-0.4, -0.2) is 37.5 Å². The first-order chi connectivity index (χ1) is 12.6. The predicted molar refractivity (Wildman–Crippen MR) is 106 cm³/mol. The quantitative estimate of drug-likeness (QED) is 0.361. The number of thiazole rings is 1. The maximum absolute atomic E-state index is 11.5. The summed E-state index contributed by atoms with van der Waals surface area (Å²) in [5.41, 5.74) is 4.33. The molecule has 0 radical (unpaired) electrons. The number of ether oxygens (including phenoxy) is 3. The second-order valence-electron chi connectivity index (χ2n) is 4.96. The van der Waals surface area contributed by atoms with Gasteiger partial charge in [-0.25, -0.2) is 4.98 Å². The molecule has 0 aliphatic heterocycles. The lowest BCUT2D eigenvalue weighted by Crippen LogP contribution is -2.07. The van der Waals surface area contributed by atoms with Crippen molar-refractivity contribution in [1.29, 1.82) is 0 Å². The number of esters is 1. The van der Waals surface area contributed by atoms with Gasteiger partial charge in [-0.1, -0.05) is 0 Å². The van der Waals surface area contributed by atoms with Crippen LogP contribution in [0.1, 0.15) is 25.1 Å². The summed E-state index contributed by atoms with van der Waals surface area (Å²) in [6.45, 7) is 4.59. The largest absolute Gasteiger partial charge is 0.493 e. The zero-order chi connectivity index (χ0) is 18.9. The molecule has 0 saturated heterocycles. The predicted octanol–water partition coefficient (Wildman–Crippen LogP) is 3.86. The lowest BCUT2D eigenvalue weighted by Gasteiger charge is -2.11. The van der Waals surface area contributed by atoms with Crippen molar-refractivity contribution < 1.29 is 19.0 Å². The molecule has 0 atom stereocenters. The Balaban J connectivity index is 2.01. The highest BCUT2D eigenvalue weighted by Crippen LogP contribution is 2.36. The fourth-order valence-corrected chi connectivity index (χ4v) is 3.29. The number of carbonyl (C=O) groups is 1. The highest BCUT2D eigenvalue weighted by molar-refractivity contribution is 9.10. The van der Waals surface area contributed by atoms with Gasteiger partial charge < -0.3 is 14.2 Å². The van der Waals surface area contributed by atoms with Crippen molar-refractivity contribution in [2.45, 2.75) is 20.3 Å². The molecule has 0 aliphatic carbocycles. The van der Waals surface area contributed by atoms with Gasteiger partial charge in [0.2, 0.25) is 5.13 Å². The van der Waals surface area contributed by atoms with Crippen LogP contribution in [0, 0.1) is 0 Å². The number of hydrogen-bond acceptors (Lipinski definition) is 8. The van der Waals surface area contributed by atoms with E-state index >= 15 is 0 Å². The third kappa shape index (κ3) is 5.70. The molecule has 2 rings (SSSR count). The Morgan fingerprint density at radius 2 is 2.19 bits per heavy atom. The van der Waals surface area contributed by atoms with Gasteiger partial charge in [-0.3, -0.25) is 10.2 Å². The van der Waals surface area contributed by atoms with Gasteiger partial charge >= 0.3 is 5.97 Å². The average Bonchev–Trinajstić information content (AvgIpc) is 3.04. The molecule has 7 nitrogen and oxygen atoms in total. The van der Waals surface area contributed by atoms with Crippen LogP contribution >= 0.6 is 27.3 Å². The number of nitrogens with zero attached hydrogens (tertiary/aromatic N) is 2. The summed E-state index contributed by atoms with van der Waals surface area (Å²) in [5, 5.41) is 6.56. The highest BCUT2D eigenvalue weighted by atomic mass is 79.9. The molecule has 1 aromatic heterocycles. The number of carbonyl (C=O) groups excluding carboxylic acids is 1. The van der Waals surface area contributed by atoms with Crippen LogP contribution in [0.5, 0.6) is 11.5 Å². The van der Waals surface area contributed by atoms with E-state index in [0.717, 1.165) is 10.0 Å². The van der Waals surface area contributed by atoms with Crippen LogP contribution in [0.25, 0.3) is 0 Å². The maximum Gasteiger partial charge on any atom is 0.311 e. The van der Waals surface area contributed by atoms with E-state index in [2.05, 4.69) is 31.4 Å².